The average molecular weight is 214 g/mol. The first-order valence-corrected chi connectivity index (χ1v) is 6.07. The van der Waals surface area contributed by atoms with Gasteiger partial charge < -0.3 is 4.74 Å². The fraction of sp³-hybridized carbons (Fsp3) is 0.923. The highest BCUT2D eigenvalue weighted by molar-refractivity contribution is 5.83. The molecule has 0 rings (SSSR count). The van der Waals surface area contributed by atoms with Gasteiger partial charge in [-0.1, -0.05) is 40.5 Å². The minimum Gasteiger partial charge on any atom is -0.370 e. The highest BCUT2D eigenvalue weighted by Crippen LogP contribution is 2.24. The molecule has 0 aromatic carbocycles. The van der Waals surface area contributed by atoms with Gasteiger partial charge in [0.1, 0.15) is 6.10 Å². The summed E-state index contributed by atoms with van der Waals surface area (Å²) in [6.45, 7) is 10.9. The highest BCUT2D eigenvalue weighted by atomic mass is 16.5. The molecule has 0 aromatic heterocycles. The van der Waals surface area contributed by atoms with Crippen LogP contribution in [0.5, 0.6) is 0 Å². The van der Waals surface area contributed by atoms with E-state index in [1.54, 1.807) is 0 Å². The van der Waals surface area contributed by atoms with Crippen molar-refractivity contribution in [2.24, 2.45) is 5.41 Å². The van der Waals surface area contributed by atoms with E-state index in [1.165, 1.54) is 0 Å². The SMILES string of the molecule is CCCCCC(=O)C(OCC)C(C)(C)C. The summed E-state index contributed by atoms with van der Waals surface area (Å²) in [7, 11) is 0. The zero-order valence-electron chi connectivity index (χ0n) is 10.9. The molecule has 0 aliphatic rings. The van der Waals surface area contributed by atoms with E-state index in [0.717, 1.165) is 19.3 Å². The van der Waals surface area contributed by atoms with Gasteiger partial charge in [0.2, 0.25) is 0 Å². The van der Waals surface area contributed by atoms with Gasteiger partial charge in [-0.3, -0.25) is 4.79 Å². The lowest BCUT2D eigenvalue weighted by atomic mass is 9.85. The first-order chi connectivity index (χ1) is 6.93. The number of rotatable bonds is 7. The van der Waals surface area contributed by atoms with E-state index in [9.17, 15) is 4.79 Å². The normalized spacial score (nSPS) is 13.9. The predicted molar refractivity (Wildman–Crippen MR) is 64.0 cm³/mol. The second kappa shape index (κ2) is 7.00. The van der Waals surface area contributed by atoms with Gasteiger partial charge in [0, 0.05) is 13.0 Å². The number of Topliss-reactive ketones (excluding diaryl/α,β-unsaturated/α-hetero) is 1. The Hall–Kier alpha value is -0.370. The number of unbranched alkanes of at least 4 members (excludes halogenated alkanes) is 2. The lowest BCUT2D eigenvalue weighted by Crippen LogP contribution is -2.37. The predicted octanol–water partition coefficient (Wildman–Crippen LogP) is 3.59. The lowest BCUT2D eigenvalue weighted by molar-refractivity contribution is -0.137. The molecule has 0 bridgehead atoms. The van der Waals surface area contributed by atoms with E-state index in [2.05, 4.69) is 27.7 Å². The molecule has 0 amide bonds. The van der Waals surface area contributed by atoms with Crippen LogP contribution in [0.25, 0.3) is 0 Å². The van der Waals surface area contributed by atoms with Gasteiger partial charge >= 0.3 is 0 Å². The van der Waals surface area contributed by atoms with Crippen LogP contribution in [-0.4, -0.2) is 18.5 Å². The summed E-state index contributed by atoms with van der Waals surface area (Å²) in [5.41, 5.74) is -0.0840. The van der Waals surface area contributed by atoms with Gasteiger partial charge in [-0.05, 0) is 18.8 Å². The molecular formula is C13H26O2. The molecule has 0 aromatic rings. The Kier molecular flexibility index (Phi) is 6.82. The van der Waals surface area contributed by atoms with Crippen molar-refractivity contribution in [1.29, 1.82) is 0 Å². The quantitative estimate of drug-likeness (QED) is 0.605. The van der Waals surface area contributed by atoms with Gasteiger partial charge in [0.05, 0.1) is 0 Å². The second-order valence-corrected chi connectivity index (χ2v) is 5.12. The zero-order chi connectivity index (χ0) is 11.9. The molecule has 1 atom stereocenters. The van der Waals surface area contributed by atoms with Gasteiger partial charge in [-0.15, -0.1) is 0 Å². The molecule has 90 valence electrons. The minimum atomic E-state index is -0.237. The summed E-state index contributed by atoms with van der Waals surface area (Å²) in [5.74, 6) is 0.262. The van der Waals surface area contributed by atoms with E-state index in [1.807, 2.05) is 6.92 Å². The number of ether oxygens (including phenoxy) is 1. The molecular weight excluding hydrogens is 188 g/mol. The monoisotopic (exact) mass is 214 g/mol. The average Bonchev–Trinajstić information content (AvgIpc) is 2.12. The zero-order valence-corrected chi connectivity index (χ0v) is 10.9. The maximum atomic E-state index is 11.9. The van der Waals surface area contributed by atoms with Crippen molar-refractivity contribution in [2.45, 2.75) is 66.4 Å². The molecule has 0 saturated carbocycles. The van der Waals surface area contributed by atoms with Gasteiger partial charge in [0.15, 0.2) is 5.78 Å². The van der Waals surface area contributed by atoms with Crippen molar-refractivity contribution >= 4 is 5.78 Å². The Morgan fingerprint density at radius 2 is 1.80 bits per heavy atom. The Morgan fingerprint density at radius 3 is 2.20 bits per heavy atom. The maximum absolute atomic E-state index is 11.9. The molecule has 2 nitrogen and oxygen atoms in total. The van der Waals surface area contributed by atoms with E-state index < -0.39 is 0 Å². The first kappa shape index (κ1) is 14.6. The summed E-state index contributed by atoms with van der Waals surface area (Å²) in [6, 6.07) is 0. The van der Waals surface area contributed by atoms with Gasteiger partial charge in [0.25, 0.3) is 0 Å². The van der Waals surface area contributed by atoms with Crippen LogP contribution in [0.2, 0.25) is 0 Å². The molecule has 0 saturated heterocycles. The third kappa shape index (κ3) is 5.93. The smallest absolute Gasteiger partial charge is 0.162 e. The van der Waals surface area contributed by atoms with Crippen LogP contribution in [0.1, 0.15) is 60.3 Å². The molecule has 15 heavy (non-hydrogen) atoms. The number of carbonyl (C=O) groups is 1. The first-order valence-electron chi connectivity index (χ1n) is 6.07. The number of ketones is 1. The number of hydrogen-bond acceptors (Lipinski definition) is 2. The molecule has 0 aliphatic carbocycles. The van der Waals surface area contributed by atoms with Crippen molar-refractivity contribution in [3.63, 3.8) is 0 Å². The fourth-order valence-electron chi connectivity index (χ4n) is 1.67. The Labute approximate surface area is 94.4 Å². The minimum absolute atomic E-state index is 0.0840. The lowest BCUT2D eigenvalue weighted by Gasteiger charge is -2.29. The highest BCUT2D eigenvalue weighted by Gasteiger charge is 2.30. The van der Waals surface area contributed by atoms with Crippen LogP contribution in [0, 0.1) is 5.41 Å². The molecule has 0 aliphatic heterocycles. The summed E-state index contributed by atoms with van der Waals surface area (Å²) >= 11 is 0. The Morgan fingerprint density at radius 1 is 1.20 bits per heavy atom. The summed E-state index contributed by atoms with van der Waals surface area (Å²) in [5, 5.41) is 0. The van der Waals surface area contributed by atoms with E-state index >= 15 is 0 Å². The molecule has 2 heteroatoms. The molecule has 0 spiro atoms. The third-order valence-corrected chi connectivity index (χ3v) is 2.44. The van der Waals surface area contributed by atoms with E-state index in [0.29, 0.717) is 13.0 Å². The third-order valence-electron chi connectivity index (χ3n) is 2.44. The van der Waals surface area contributed by atoms with Crippen LogP contribution in [0.3, 0.4) is 0 Å². The van der Waals surface area contributed by atoms with Crippen LogP contribution in [0.4, 0.5) is 0 Å². The standard InChI is InChI=1S/C13H26O2/c1-6-8-9-10-11(14)12(15-7-2)13(3,4)5/h12H,6-10H2,1-5H3. The van der Waals surface area contributed by atoms with Crippen molar-refractivity contribution in [2.75, 3.05) is 6.61 Å². The van der Waals surface area contributed by atoms with Crippen LogP contribution in [-0.2, 0) is 9.53 Å². The summed E-state index contributed by atoms with van der Waals surface area (Å²) < 4.78 is 5.55. The summed E-state index contributed by atoms with van der Waals surface area (Å²) in [4.78, 5) is 11.9. The van der Waals surface area contributed by atoms with Crippen LogP contribution < -0.4 is 0 Å². The van der Waals surface area contributed by atoms with Crippen molar-refractivity contribution in [1.82, 2.24) is 0 Å². The van der Waals surface area contributed by atoms with Gasteiger partial charge in [-0.2, -0.15) is 0 Å². The fourth-order valence-corrected chi connectivity index (χ4v) is 1.67. The van der Waals surface area contributed by atoms with Crippen LogP contribution >= 0.6 is 0 Å². The van der Waals surface area contributed by atoms with E-state index in [-0.39, 0.29) is 17.3 Å². The molecule has 0 fully saturated rings. The number of carbonyl (C=O) groups excluding carboxylic acids is 1. The molecule has 0 radical (unpaired) electrons. The van der Waals surface area contributed by atoms with E-state index in [4.69, 9.17) is 4.74 Å². The number of hydrogen-bond donors (Lipinski definition) is 0. The second-order valence-electron chi connectivity index (χ2n) is 5.12. The van der Waals surface area contributed by atoms with Crippen molar-refractivity contribution in [3.05, 3.63) is 0 Å². The van der Waals surface area contributed by atoms with Crippen molar-refractivity contribution < 1.29 is 9.53 Å². The van der Waals surface area contributed by atoms with Crippen LogP contribution in [0.15, 0.2) is 0 Å². The maximum Gasteiger partial charge on any atom is 0.162 e. The molecule has 0 N–H and O–H groups in total. The van der Waals surface area contributed by atoms with Gasteiger partial charge in [-0.25, -0.2) is 0 Å². The summed E-state index contributed by atoms with van der Waals surface area (Å²) in [6.07, 6.45) is 3.71. The molecule has 1 unspecified atom stereocenters. The Bertz CT molecular complexity index is 179. The molecule has 0 heterocycles. The largest absolute Gasteiger partial charge is 0.370 e. The van der Waals surface area contributed by atoms with Crippen molar-refractivity contribution in [3.8, 4) is 0 Å². The topological polar surface area (TPSA) is 26.3 Å². The Balaban J connectivity index is 4.18.